The summed E-state index contributed by atoms with van der Waals surface area (Å²) in [7, 11) is 0. The molecule has 3 nitrogen and oxygen atoms in total. The van der Waals surface area contributed by atoms with Crippen molar-refractivity contribution in [3.05, 3.63) is 22.2 Å². The molecule has 1 aromatic carbocycles. The zero-order chi connectivity index (χ0) is 15.2. The minimum atomic E-state index is 0.0153. The lowest BCUT2D eigenvalue weighted by molar-refractivity contribution is 0.295. The van der Waals surface area contributed by atoms with Crippen LogP contribution in [0.3, 0.4) is 0 Å². The van der Waals surface area contributed by atoms with Gasteiger partial charge in [-0.05, 0) is 31.2 Å². The average molecular weight is 310 g/mol. The fraction of sp³-hybridized carbons (Fsp3) is 0.647. The molecular weight excluding hydrogens is 286 g/mol. The van der Waals surface area contributed by atoms with Crippen molar-refractivity contribution >= 4 is 11.6 Å². The Bertz CT molecular complexity index is 550. The second-order valence-corrected chi connectivity index (χ2v) is 7.03. The van der Waals surface area contributed by atoms with Crippen LogP contribution in [0, 0.1) is 0 Å². The highest BCUT2D eigenvalue weighted by atomic mass is 35.5. The van der Waals surface area contributed by atoms with Crippen LogP contribution < -0.4 is 15.2 Å². The Morgan fingerprint density at radius 3 is 2.43 bits per heavy atom. The Balaban J connectivity index is 2.22. The Morgan fingerprint density at radius 2 is 1.86 bits per heavy atom. The van der Waals surface area contributed by atoms with Crippen molar-refractivity contribution in [2.24, 2.45) is 5.73 Å². The normalized spacial score (nSPS) is 21.0. The molecule has 0 radical (unpaired) electrons. The van der Waals surface area contributed by atoms with Gasteiger partial charge in [0, 0.05) is 34.5 Å². The lowest BCUT2D eigenvalue weighted by atomic mass is 9.82. The van der Waals surface area contributed by atoms with E-state index >= 15 is 0 Å². The Hall–Kier alpha value is -0.930. The lowest BCUT2D eigenvalue weighted by Crippen LogP contribution is -2.33. The number of halogens is 1. The van der Waals surface area contributed by atoms with E-state index < -0.39 is 0 Å². The van der Waals surface area contributed by atoms with Gasteiger partial charge in [0.25, 0.3) is 0 Å². The van der Waals surface area contributed by atoms with Crippen LogP contribution in [-0.4, -0.2) is 19.3 Å². The maximum atomic E-state index is 6.64. The third-order valence-corrected chi connectivity index (χ3v) is 5.06. The van der Waals surface area contributed by atoms with Crippen molar-refractivity contribution in [3.8, 4) is 11.5 Å². The predicted octanol–water partition coefficient (Wildman–Crippen LogP) is 4.00. The lowest BCUT2D eigenvalue weighted by Gasteiger charge is -2.28. The topological polar surface area (TPSA) is 44.5 Å². The van der Waals surface area contributed by atoms with Crippen molar-refractivity contribution < 1.29 is 9.47 Å². The first-order valence-electron chi connectivity index (χ1n) is 7.85. The van der Waals surface area contributed by atoms with E-state index in [2.05, 4.69) is 20.8 Å². The molecule has 1 aliphatic heterocycles. The average Bonchev–Trinajstić information content (AvgIpc) is 3.20. The molecule has 0 aromatic heterocycles. The van der Waals surface area contributed by atoms with Crippen molar-refractivity contribution in [2.45, 2.75) is 57.4 Å². The Labute approximate surface area is 131 Å². The van der Waals surface area contributed by atoms with Crippen molar-refractivity contribution in [1.29, 1.82) is 0 Å². The van der Waals surface area contributed by atoms with E-state index in [9.17, 15) is 0 Å². The molecule has 3 rings (SSSR count). The SMILES string of the molecule is CC(C)c1c2c(cc(Cl)c1C1(C(C)N)CC1)OCCCO2. The van der Waals surface area contributed by atoms with Gasteiger partial charge in [-0.25, -0.2) is 0 Å². The van der Waals surface area contributed by atoms with Crippen molar-refractivity contribution in [2.75, 3.05) is 13.2 Å². The molecule has 4 heteroatoms. The molecule has 21 heavy (non-hydrogen) atoms. The first-order valence-corrected chi connectivity index (χ1v) is 8.23. The Morgan fingerprint density at radius 1 is 1.19 bits per heavy atom. The highest BCUT2D eigenvalue weighted by Crippen LogP contribution is 2.57. The Kier molecular flexibility index (Phi) is 3.83. The molecule has 0 saturated heterocycles. The highest BCUT2D eigenvalue weighted by Gasteiger charge is 2.51. The van der Waals surface area contributed by atoms with E-state index in [-0.39, 0.29) is 11.5 Å². The molecule has 1 aliphatic carbocycles. The van der Waals surface area contributed by atoms with Gasteiger partial charge in [-0.15, -0.1) is 0 Å². The summed E-state index contributed by atoms with van der Waals surface area (Å²) < 4.78 is 11.8. The molecular formula is C17H24ClNO2. The summed E-state index contributed by atoms with van der Waals surface area (Å²) in [6.45, 7) is 7.82. The first kappa shape index (κ1) is 15.0. The zero-order valence-electron chi connectivity index (χ0n) is 13.0. The predicted molar refractivity (Wildman–Crippen MR) is 85.7 cm³/mol. The molecule has 2 aliphatic rings. The molecule has 2 N–H and O–H groups in total. The summed E-state index contributed by atoms with van der Waals surface area (Å²) in [5, 5.41) is 0.776. The van der Waals surface area contributed by atoms with Gasteiger partial charge in [-0.2, -0.15) is 0 Å². The van der Waals surface area contributed by atoms with Gasteiger partial charge in [0.15, 0.2) is 11.5 Å². The number of nitrogens with two attached hydrogens (primary N) is 1. The van der Waals surface area contributed by atoms with Crippen LogP contribution in [0.5, 0.6) is 11.5 Å². The molecule has 0 bridgehead atoms. The maximum absolute atomic E-state index is 6.64. The van der Waals surface area contributed by atoms with Gasteiger partial charge in [-0.3, -0.25) is 0 Å². The molecule has 1 unspecified atom stereocenters. The van der Waals surface area contributed by atoms with E-state index in [1.807, 2.05) is 6.07 Å². The highest BCUT2D eigenvalue weighted by molar-refractivity contribution is 6.32. The van der Waals surface area contributed by atoms with Crippen molar-refractivity contribution in [3.63, 3.8) is 0 Å². The standard InChI is InChI=1S/C17H24ClNO2/c1-10(2)14-15(17(5-6-17)11(3)19)12(18)9-13-16(14)21-8-4-7-20-13/h9-11H,4-8,19H2,1-3H3. The number of rotatable bonds is 3. The second-order valence-electron chi connectivity index (χ2n) is 6.62. The minimum absolute atomic E-state index is 0.0153. The smallest absolute Gasteiger partial charge is 0.165 e. The largest absolute Gasteiger partial charge is 0.489 e. The van der Waals surface area contributed by atoms with Gasteiger partial charge in [0.1, 0.15) is 0 Å². The number of hydrogen-bond acceptors (Lipinski definition) is 3. The monoisotopic (exact) mass is 309 g/mol. The zero-order valence-corrected chi connectivity index (χ0v) is 13.8. The molecule has 1 atom stereocenters. The number of ether oxygens (including phenoxy) is 2. The molecule has 116 valence electrons. The van der Waals surface area contributed by atoms with E-state index in [0.29, 0.717) is 19.1 Å². The van der Waals surface area contributed by atoms with Crippen LogP contribution in [0.15, 0.2) is 6.07 Å². The van der Waals surface area contributed by atoms with E-state index in [1.54, 1.807) is 0 Å². The van der Waals surface area contributed by atoms with Gasteiger partial charge >= 0.3 is 0 Å². The molecule has 1 saturated carbocycles. The third kappa shape index (κ3) is 2.40. The number of hydrogen-bond donors (Lipinski definition) is 1. The van der Waals surface area contributed by atoms with Gasteiger partial charge in [-0.1, -0.05) is 25.4 Å². The fourth-order valence-corrected chi connectivity index (χ4v) is 3.81. The summed E-state index contributed by atoms with van der Waals surface area (Å²) in [6, 6.07) is 2.02. The first-order chi connectivity index (χ1) is 9.97. The van der Waals surface area contributed by atoms with E-state index in [0.717, 1.165) is 35.8 Å². The van der Waals surface area contributed by atoms with Crippen molar-refractivity contribution in [1.82, 2.24) is 0 Å². The van der Waals surface area contributed by atoms with Gasteiger partial charge < -0.3 is 15.2 Å². The molecule has 0 amide bonds. The summed E-state index contributed by atoms with van der Waals surface area (Å²) in [5.41, 5.74) is 8.68. The fourth-order valence-electron chi connectivity index (χ4n) is 3.42. The molecule has 1 fully saturated rings. The summed E-state index contributed by atoms with van der Waals surface area (Å²) in [5.74, 6) is 1.99. The molecule has 1 heterocycles. The van der Waals surface area contributed by atoms with Crippen LogP contribution in [-0.2, 0) is 5.41 Å². The molecule has 0 spiro atoms. The second kappa shape index (κ2) is 5.36. The van der Waals surface area contributed by atoms with E-state index in [1.165, 1.54) is 11.1 Å². The summed E-state index contributed by atoms with van der Waals surface area (Å²) >= 11 is 6.64. The van der Waals surface area contributed by atoms with Crippen LogP contribution in [0.4, 0.5) is 0 Å². The van der Waals surface area contributed by atoms with Gasteiger partial charge in [0.05, 0.1) is 13.2 Å². The van der Waals surface area contributed by atoms with E-state index in [4.69, 9.17) is 26.8 Å². The molecule has 1 aromatic rings. The number of fused-ring (bicyclic) bond motifs is 1. The number of benzene rings is 1. The maximum Gasteiger partial charge on any atom is 0.165 e. The third-order valence-electron chi connectivity index (χ3n) is 4.76. The summed E-state index contributed by atoms with van der Waals surface area (Å²) in [6.07, 6.45) is 3.10. The van der Waals surface area contributed by atoms with Crippen LogP contribution >= 0.6 is 11.6 Å². The quantitative estimate of drug-likeness (QED) is 0.917. The van der Waals surface area contributed by atoms with Gasteiger partial charge in [0.2, 0.25) is 0 Å². The van der Waals surface area contributed by atoms with Crippen LogP contribution in [0.1, 0.15) is 57.1 Å². The minimum Gasteiger partial charge on any atom is -0.489 e. The van der Waals surface area contributed by atoms with Crippen LogP contribution in [0.25, 0.3) is 0 Å². The summed E-state index contributed by atoms with van der Waals surface area (Å²) in [4.78, 5) is 0. The van der Waals surface area contributed by atoms with Crippen LogP contribution in [0.2, 0.25) is 5.02 Å².